The Morgan fingerprint density at radius 1 is 0.280 bits per heavy atom. The molecule has 0 aliphatic rings. The largest absolute Gasteiger partial charge is 0.356 e. The zero-order valence-electron chi connectivity index (χ0n) is 67.2. The highest BCUT2D eigenvalue weighted by Gasteiger charge is 2.59. The molecule has 125 heavy (non-hydrogen) atoms. The van der Waals surface area contributed by atoms with Crippen molar-refractivity contribution in [1.82, 2.24) is 0 Å². The van der Waals surface area contributed by atoms with Gasteiger partial charge in [0.25, 0.3) is 22.7 Å². The fourth-order valence-corrected chi connectivity index (χ4v) is 12.5. The van der Waals surface area contributed by atoms with Gasteiger partial charge in [-0.2, -0.15) is 0 Å². The Balaban J connectivity index is 0. The Hall–Kier alpha value is -10.0. The van der Waals surface area contributed by atoms with Crippen LogP contribution in [0.5, 0.6) is 0 Å². The van der Waals surface area contributed by atoms with Crippen LogP contribution in [-0.4, -0.2) is 366 Å². The number of hydrogen-bond acceptors (Lipinski definition) is 10. The lowest BCUT2D eigenvalue weighted by Crippen LogP contribution is -2.94. The van der Waals surface area contributed by atoms with Gasteiger partial charge in [-0.25, -0.2) is 0 Å². The third-order valence-corrected chi connectivity index (χ3v) is 17.8. The minimum absolute atomic E-state index is 0.0991. The van der Waals surface area contributed by atoms with E-state index < -0.39 is 166 Å². The van der Waals surface area contributed by atoms with Crippen LogP contribution in [-0.2, 0) is 15.9 Å². The van der Waals surface area contributed by atoms with Crippen molar-refractivity contribution in [3.05, 3.63) is 350 Å². The Morgan fingerprint density at radius 2 is 0.440 bits per heavy atom. The Morgan fingerprint density at radius 3 is 0.592 bits per heavy atom. The topological polar surface area (TPSA) is 191 Å². The number of nitro groups is 4. The van der Waals surface area contributed by atoms with Crippen molar-refractivity contribution >= 4 is 381 Å². The van der Waals surface area contributed by atoms with Gasteiger partial charge in [0, 0.05) is 528 Å². The molecule has 0 aromatic heterocycles. The van der Waals surface area contributed by atoms with Crippen LogP contribution in [0.2, 0.25) is 0 Å². The highest BCUT2D eigenvalue weighted by molar-refractivity contribution is 9.10. The SMILES string of the molecule is C=C=C=C=C=C=C=C=C=C=C=C=C=C=C=C=C=C=C=C=C=C=C=C=C=C=C=C=C=C=C=C=C=C=C=C=C=C=C=C=C=C=C=C=C=C.COC(Cc1c(Br)cc([N+](=O)[O-])cc1[N+](=O)[O-])OC.Cc1c(Br)cc([N+](=O)[O-])cc1[N+](=O)[O-].[B]B([B])B(B([B])[B])B(B(B([B])[B])B([B])[B])B(B(B(B([B])[B])B([B])[B])B(B([B])[B])B([B])[B])B(B(B([B])[B])B([B])[B])B(B([B])[B])B([B])[B]. The summed E-state index contributed by atoms with van der Waals surface area (Å²) in [5, 5.41) is 42.6. The molecule has 0 N–H and O–H groups in total. The molecule has 2 aromatic carbocycles. The van der Waals surface area contributed by atoms with Gasteiger partial charge in [-0.1, -0.05) is 43.3 Å². The van der Waals surface area contributed by atoms with Crippen molar-refractivity contribution in [2.45, 2.75) is 19.6 Å². The number of methoxy groups -OCH3 is 2. The van der Waals surface area contributed by atoms with Crippen LogP contribution in [0.15, 0.2) is 299 Å². The van der Waals surface area contributed by atoms with Crippen molar-refractivity contribution in [3.8, 4) is 0 Å². The second-order valence-corrected chi connectivity index (χ2v) is 26.1. The molecule has 14 nitrogen and oxygen atoms in total. The van der Waals surface area contributed by atoms with Gasteiger partial charge < -0.3 is 9.47 Å². The maximum atomic E-state index is 11.0. The van der Waals surface area contributed by atoms with E-state index in [-0.39, 0.29) is 39.2 Å². The second-order valence-electron chi connectivity index (χ2n) is 24.4. The summed E-state index contributed by atoms with van der Waals surface area (Å²) < 4.78 is 10.6. The molecule has 0 unspecified atom stereocenters. The molecule has 62 heteroatoms. The predicted octanol–water partition coefficient (Wildman–Crippen LogP) is -4.89. The quantitative estimate of drug-likeness (QED) is 0.0251. The van der Waals surface area contributed by atoms with E-state index in [1.54, 1.807) is 0 Å². The van der Waals surface area contributed by atoms with Gasteiger partial charge in [-0.05, 0) is 112 Å². The molecule has 0 spiro atoms. The van der Waals surface area contributed by atoms with Crippen LogP contribution in [0.3, 0.4) is 0 Å². The lowest BCUT2D eigenvalue weighted by atomic mass is 8.25. The van der Waals surface area contributed by atoms with Crippen LogP contribution in [0.25, 0.3) is 0 Å². The van der Waals surface area contributed by atoms with E-state index in [1.807, 2.05) is 0 Å². The first-order valence-electron chi connectivity index (χ1n) is 35.0. The molecule has 0 aliphatic heterocycles. The van der Waals surface area contributed by atoms with Crippen LogP contribution in [0, 0.1) is 47.4 Å². The molecular formula is C63H20B46Br2N4O10. The van der Waals surface area contributed by atoms with E-state index in [4.69, 9.17) is 195 Å². The molecule has 0 amide bonds. The minimum Gasteiger partial charge on any atom is -0.356 e. The lowest BCUT2D eigenvalue weighted by molar-refractivity contribution is -0.395. The highest BCUT2D eigenvalue weighted by atomic mass is 79.9. The van der Waals surface area contributed by atoms with Gasteiger partial charge in [0.1, 0.15) is 0 Å². The Bertz CT molecular complexity index is 5690. The fourth-order valence-electron chi connectivity index (χ4n) is 11.5. The fraction of sp³-hybridized carbons (Fsp3) is 0.0794. The third kappa shape index (κ3) is 47.8. The number of ether oxygens (including phenoxy) is 2. The van der Waals surface area contributed by atoms with Gasteiger partial charge in [0.2, 0.25) is 0 Å². The number of halogens is 2. The first kappa shape index (κ1) is 117. The van der Waals surface area contributed by atoms with Crippen LogP contribution in [0.4, 0.5) is 22.7 Å². The van der Waals surface area contributed by atoms with Gasteiger partial charge in [0.05, 0.1) is 31.8 Å². The average Bonchev–Trinajstić information content (AvgIpc) is 0.737. The molecule has 0 saturated carbocycles. The number of benzene rings is 2. The van der Waals surface area contributed by atoms with E-state index >= 15 is 0 Å². The van der Waals surface area contributed by atoms with Gasteiger partial charge in [-0.15, -0.1) is 0 Å². The standard InChI is InChI=1S/C46H4.C10H11BrN2O6.C7H5BrN2O4.B46/c1-3-5-7-9-11-13-15-17-19-21-23-25-27-29-31-33-35-37-39-41-43-45-46-44-42-40-38-36-34-32-30-28-26-24-22-20-18-16-14-12-10-8-6-4-2;1-18-10(19-2)5-7-8(11)3-6(12(14)15)4-9(7)13(16)17;1-4-6(8)2-5(9(11)12)3-7(4)10(13)14;1-25(2)37(26(3)4)43(38(27(5)6)28(7)8)46(44(39(29(9)10)30(11)12)40(31(13)14)32(15)16)45(41(33(17)18)34(19)20)42(35(21)22)36(23)24/h1-2H2;3-4,10H,5H2,1-2H3;2-3H,1H3;. The number of non-ortho nitro benzene ring substituents is 2. The maximum absolute atomic E-state index is 11.0. The molecule has 2 rings (SSSR count). The van der Waals surface area contributed by atoms with Crippen molar-refractivity contribution in [3.63, 3.8) is 0 Å². The summed E-state index contributed by atoms with van der Waals surface area (Å²) >= 11 is 6.13. The first-order chi connectivity index (χ1) is 59.1. The van der Waals surface area contributed by atoms with Crippen LogP contribution in [0.1, 0.15) is 11.1 Å². The van der Waals surface area contributed by atoms with Crippen molar-refractivity contribution in [1.29, 1.82) is 0 Å². The maximum Gasteiger partial charge on any atom is 0.280 e. The van der Waals surface area contributed by atoms with Gasteiger partial charge in [0.15, 0.2) is 6.29 Å². The normalized spacial score (nSPS) is 7.73. The molecule has 0 atom stereocenters. The Kier molecular flexibility index (Phi) is 63.9. The van der Waals surface area contributed by atoms with Crippen molar-refractivity contribution < 1.29 is 29.2 Å². The molecule has 48 radical (unpaired) electrons. The summed E-state index contributed by atoms with van der Waals surface area (Å²) in [4.78, 5) is 39.9. The number of nitrogens with zero attached hydrogens (tertiary/aromatic N) is 4. The van der Waals surface area contributed by atoms with E-state index in [0.717, 1.165) is 12.1 Å². The molecule has 0 heterocycles. The van der Waals surface area contributed by atoms with E-state index in [9.17, 15) is 40.5 Å². The van der Waals surface area contributed by atoms with Crippen LogP contribution >= 0.6 is 31.9 Å². The summed E-state index contributed by atoms with van der Waals surface area (Å²) in [6.45, 7) is 8.14. The molecule has 0 bridgehead atoms. The molecular weight excluding hydrogens is 1630 g/mol. The second kappa shape index (κ2) is 68.3. The zero-order valence-corrected chi connectivity index (χ0v) is 70.4. The summed E-state index contributed by atoms with van der Waals surface area (Å²) in [5.41, 5.74) is 109. The monoisotopic (exact) mass is 1660 g/mol. The zero-order chi connectivity index (χ0) is 95.3. The van der Waals surface area contributed by atoms with Crippen LogP contribution < -0.4 is 0 Å². The molecule has 2 aromatic rings. The molecule has 0 aliphatic carbocycles. The number of rotatable bonds is 29. The summed E-state index contributed by atoms with van der Waals surface area (Å²) in [7, 11) is 155. The molecule has 504 valence electrons. The number of nitro benzene ring substituents is 4. The first-order valence-corrected chi connectivity index (χ1v) is 36.6. The highest BCUT2D eigenvalue weighted by Crippen LogP contribution is 2.34. The lowest BCUT2D eigenvalue weighted by Gasteiger charge is -2.56. The van der Waals surface area contributed by atoms with E-state index in [0.29, 0.717) is 10.0 Å². The summed E-state index contributed by atoms with van der Waals surface area (Å²) in [6, 6.07) is 4.32. The number of hydrogen-bond donors (Lipinski definition) is 0. The predicted molar refractivity (Wildman–Crippen MR) is 552 cm³/mol. The minimum atomic E-state index is -1.30. The molecule has 0 saturated heterocycles. The van der Waals surface area contributed by atoms with Crippen molar-refractivity contribution in [2.75, 3.05) is 14.2 Å². The van der Waals surface area contributed by atoms with E-state index in [1.165, 1.54) is 33.3 Å². The average molecular weight is 1650 g/mol. The summed E-state index contributed by atoms with van der Waals surface area (Å²) in [6.07, 6.45) is -27.8. The Labute approximate surface area is 787 Å². The molecule has 0 fully saturated rings. The third-order valence-electron chi connectivity index (χ3n) is 16.2. The van der Waals surface area contributed by atoms with Gasteiger partial charge >= 0.3 is 0 Å². The van der Waals surface area contributed by atoms with E-state index in [2.05, 4.69) is 297 Å². The van der Waals surface area contributed by atoms with Crippen molar-refractivity contribution in [2.24, 2.45) is 0 Å². The summed E-state index contributed by atoms with van der Waals surface area (Å²) in [5.74, 6) is 0. The smallest absolute Gasteiger partial charge is 0.280 e. The van der Waals surface area contributed by atoms with Gasteiger partial charge in [-0.3, -0.25) is 40.5 Å².